The number of aromatic nitrogens is 1. The fraction of sp³-hybridized carbons (Fsp3) is 0.267. The molecule has 0 fully saturated rings. The summed E-state index contributed by atoms with van der Waals surface area (Å²) in [7, 11) is 0. The molecule has 2 rings (SSSR count). The number of nitrogens with two attached hydrogens (primary N) is 1. The molecule has 100 valence electrons. The molecular formula is C15H19N3O. The maximum atomic E-state index is 12.0. The summed E-state index contributed by atoms with van der Waals surface area (Å²) in [5.74, 6) is -0.102. The Hall–Kier alpha value is -2.07. The fourth-order valence-electron chi connectivity index (χ4n) is 1.72. The van der Waals surface area contributed by atoms with Crippen LogP contribution in [0.4, 0.5) is 0 Å². The maximum Gasteiger partial charge on any atom is 0.251 e. The van der Waals surface area contributed by atoms with E-state index < -0.39 is 5.54 Å². The van der Waals surface area contributed by atoms with Crippen LogP contribution in [0.1, 0.15) is 24.2 Å². The highest BCUT2D eigenvalue weighted by atomic mass is 16.1. The van der Waals surface area contributed by atoms with Crippen LogP contribution in [0.5, 0.6) is 0 Å². The van der Waals surface area contributed by atoms with E-state index in [0.29, 0.717) is 12.1 Å². The van der Waals surface area contributed by atoms with Crippen molar-refractivity contribution in [2.75, 3.05) is 6.54 Å². The standard InChI is InChI=1S/C15H19N3O/c1-15(2,11-16)17-14(19)12-5-7-13(8-6-12)18-9-3-4-10-18/h3-10H,11,16H2,1-2H3,(H,17,19). The summed E-state index contributed by atoms with van der Waals surface area (Å²) < 4.78 is 1.99. The molecule has 1 amide bonds. The average Bonchev–Trinajstić information content (AvgIpc) is 2.92. The van der Waals surface area contributed by atoms with Gasteiger partial charge in [0, 0.05) is 35.7 Å². The number of nitrogens with one attached hydrogen (secondary N) is 1. The summed E-state index contributed by atoms with van der Waals surface area (Å²) >= 11 is 0. The van der Waals surface area contributed by atoms with Gasteiger partial charge in [0.25, 0.3) is 5.91 Å². The molecule has 3 N–H and O–H groups in total. The molecule has 1 heterocycles. The van der Waals surface area contributed by atoms with Crippen LogP contribution in [0.2, 0.25) is 0 Å². The first kappa shape index (κ1) is 13.4. The zero-order valence-electron chi connectivity index (χ0n) is 11.3. The smallest absolute Gasteiger partial charge is 0.251 e. The summed E-state index contributed by atoms with van der Waals surface area (Å²) in [5, 5.41) is 2.91. The van der Waals surface area contributed by atoms with Crippen molar-refractivity contribution < 1.29 is 4.79 Å². The molecule has 0 bridgehead atoms. The highest BCUT2D eigenvalue weighted by molar-refractivity contribution is 5.94. The molecule has 0 unspecified atom stereocenters. The van der Waals surface area contributed by atoms with Gasteiger partial charge < -0.3 is 15.6 Å². The SMILES string of the molecule is CC(C)(CN)NC(=O)c1ccc(-n2cccc2)cc1. The monoisotopic (exact) mass is 257 g/mol. The van der Waals surface area contributed by atoms with Gasteiger partial charge in [0.1, 0.15) is 0 Å². The van der Waals surface area contributed by atoms with E-state index in [-0.39, 0.29) is 5.91 Å². The molecule has 0 aliphatic carbocycles. The summed E-state index contributed by atoms with van der Waals surface area (Å²) in [4.78, 5) is 12.0. The minimum absolute atomic E-state index is 0.102. The van der Waals surface area contributed by atoms with Gasteiger partial charge in [-0.05, 0) is 50.2 Å². The second-order valence-corrected chi connectivity index (χ2v) is 5.18. The lowest BCUT2D eigenvalue weighted by Gasteiger charge is -2.24. The van der Waals surface area contributed by atoms with Crippen LogP contribution in [0.3, 0.4) is 0 Å². The molecule has 19 heavy (non-hydrogen) atoms. The Morgan fingerprint density at radius 1 is 1.21 bits per heavy atom. The lowest BCUT2D eigenvalue weighted by Crippen LogP contribution is -2.48. The van der Waals surface area contributed by atoms with Crippen molar-refractivity contribution in [2.24, 2.45) is 5.73 Å². The Balaban J connectivity index is 2.13. The summed E-state index contributed by atoms with van der Waals surface area (Å²) in [5.41, 5.74) is 6.87. The van der Waals surface area contributed by atoms with Gasteiger partial charge in [-0.3, -0.25) is 4.79 Å². The van der Waals surface area contributed by atoms with Crippen LogP contribution >= 0.6 is 0 Å². The zero-order valence-corrected chi connectivity index (χ0v) is 11.3. The third kappa shape index (κ3) is 3.23. The van der Waals surface area contributed by atoms with Gasteiger partial charge in [0.05, 0.1) is 0 Å². The van der Waals surface area contributed by atoms with Crippen molar-refractivity contribution >= 4 is 5.91 Å². The number of benzene rings is 1. The lowest BCUT2D eigenvalue weighted by atomic mass is 10.1. The zero-order chi connectivity index (χ0) is 13.9. The largest absolute Gasteiger partial charge is 0.346 e. The van der Waals surface area contributed by atoms with Crippen molar-refractivity contribution in [3.63, 3.8) is 0 Å². The van der Waals surface area contributed by atoms with Gasteiger partial charge in [-0.15, -0.1) is 0 Å². The first-order chi connectivity index (χ1) is 9.02. The van der Waals surface area contributed by atoms with Gasteiger partial charge in [0.15, 0.2) is 0 Å². The van der Waals surface area contributed by atoms with Gasteiger partial charge in [0.2, 0.25) is 0 Å². The van der Waals surface area contributed by atoms with Crippen molar-refractivity contribution in [3.05, 3.63) is 54.4 Å². The summed E-state index contributed by atoms with van der Waals surface area (Å²) in [6, 6.07) is 11.4. The Kier molecular flexibility index (Phi) is 3.71. The predicted octanol–water partition coefficient (Wildman–Crippen LogP) is 1.94. The third-order valence-corrected chi connectivity index (χ3v) is 2.99. The Bertz CT molecular complexity index is 541. The van der Waals surface area contributed by atoms with E-state index in [1.165, 1.54) is 0 Å². The van der Waals surface area contributed by atoms with Crippen molar-refractivity contribution in [3.8, 4) is 5.69 Å². The summed E-state index contributed by atoms with van der Waals surface area (Å²) in [6.07, 6.45) is 3.93. The second-order valence-electron chi connectivity index (χ2n) is 5.18. The van der Waals surface area contributed by atoms with Crippen molar-refractivity contribution in [1.29, 1.82) is 0 Å². The molecule has 0 saturated heterocycles. The van der Waals surface area contributed by atoms with Gasteiger partial charge >= 0.3 is 0 Å². The van der Waals surface area contributed by atoms with E-state index in [4.69, 9.17) is 5.73 Å². The van der Waals surface area contributed by atoms with Gasteiger partial charge in [-0.25, -0.2) is 0 Å². The normalized spacial score (nSPS) is 11.3. The molecule has 4 nitrogen and oxygen atoms in total. The fourth-order valence-corrected chi connectivity index (χ4v) is 1.72. The highest BCUT2D eigenvalue weighted by Gasteiger charge is 2.18. The number of nitrogens with zero attached hydrogens (tertiary/aromatic N) is 1. The predicted molar refractivity (Wildman–Crippen MR) is 76.4 cm³/mol. The van der Waals surface area contributed by atoms with Crippen LogP contribution in [0.25, 0.3) is 5.69 Å². The number of rotatable bonds is 4. The van der Waals surface area contributed by atoms with E-state index in [0.717, 1.165) is 5.69 Å². The number of amides is 1. The van der Waals surface area contributed by atoms with Crippen molar-refractivity contribution in [2.45, 2.75) is 19.4 Å². The molecule has 1 aromatic carbocycles. The Morgan fingerprint density at radius 2 is 1.79 bits per heavy atom. The first-order valence-corrected chi connectivity index (χ1v) is 6.28. The maximum absolute atomic E-state index is 12.0. The average molecular weight is 257 g/mol. The van der Waals surface area contributed by atoms with E-state index in [1.807, 2.05) is 67.2 Å². The highest BCUT2D eigenvalue weighted by Crippen LogP contribution is 2.11. The van der Waals surface area contributed by atoms with Crippen LogP contribution in [-0.2, 0) is 0 Å². The topological polar surface area (TPSA) is 60.0 Å². The van der Waals surface area contributed by atoms with E-state index in [1.54, 1.807) is 0 Å². The number of carbonyl (C=O) groups excluding carboxylic acids is 1. The van der Waals surface area contributed by atoms with E-state index in [9.17, 15) is 4.79 Å². The second kappa shape index (κ2) is 5.28. The lowest BCUT2D eigenvalue weighted by molar-refractivity contribution is 0.0916. The number of carbonyl (C=O) groups is 1. The van der Waals surface area contributed by atoms with Crippen LogP contribution in [0.15, 0.2) is 48.8 Å². The number of hydrogen-bond donors (Lipinski definition) is 2. The molecule has 0 aliphatic rings. The molecule has 0 aliphatic heterocycles. The molecule has 0 spiro atoms. The molecule has 1 aromatic heterocycles. The minimum atomic E-state index is -0.393. The quantitative estimate of drug-likeness (QED) is 0.879. The Labute approximate surface area is 113 Å². The molecule has 4 heteroatoms. The van der Waals surface area contributed by atoms with E-state index >= 15 is 0 Å². The molecular weight excluding hydrogens is 238 g/mol. The number of hydrogen-bond acceptors (Lipinski definition) is 2. The van der Waals surface area contributed by atoms with Gasteiger partial charge in [-0.2, -0.15) is 0 Å². The Morgan fingerprint density at radius 3 is 2.32 bits per heavy atom. The minimum Gasteiger partial charge on any atom is -0.346 e. The van der Waals surface area contributed by atoms with Crippen molar-refractivity contribution in [1.82, 2.24) is 9.88 Å². The molecule has 0 atom stereocenters. The molecule has 0 saturated carbocycles. The molecule has 0 radical (unpaired) electrons. The van der Waals surface area contributed by atoms with E-state index in [2.05, 4.69) is 5.32 Å². The van der Waals surface area contributed by atoms with Gasteiger partial charge in [-0.1, -0.05) is 0 Å². The first-order valence-electron chi connectivity index (χ1n) is 6.28. The van der Waals surface area contributed by atoms with Crippen LogP contribution in [0, 0.1) is 0 Å². The van der Waals surface area contributed by atoms with Crippen LogP contribution < -0.4 is 11.1 Å². The van der Waals surface area contributed by atoms with Crippen LogP contribution in [-0.4, -0.2) is 22.6 Å². The third-order valence-electron chi connectivity index (χ3n) is 2.99. The molecule has 2 aromatic rings. The summed E-state index contributed by atoms with van der Waals surface area (Å²) in [6.45, 7) is 4.21.